The quantitative estimate of drug-likeness (QED) is 0.307. The van der Waals surface area contributed by atoms with E-state index in [-0.39, 0.29) is 17.3 Å². The highest BCUT2D eigenvalue weighted by Gasteiger charge is 2.77. The summed E-state index contributed by atoms with van der Waals surface area (Å²) < 4.78 is 0. The highest BCUT2D eigenvalue weighted by atomic mass is 16.3. The summed E-state index contributed by atoms with van der Waals surface area (Å²) in [6.45, 7) is 0.443. The number of phenols is 1. The van der Waals surface area contributed by atoms with E-state index in [4.69, 9.17) is 9.97 Å². The number of aromatic hydroxyl groups is 1. The summed E-state index contributed by atoms with van der Waals surface area (Å²) in [5.41, 5.74) is 3.61. The summed E-state index contributed by atoms with van der Waals surface area (Å²) in [6, 6.07) is 29.7. The second kappa shape index (κ2) is 7.46. The Morgan fingerprint density at radius 2 is 1.31 bits per heavy atom. The van der Waals surface area contributed by atoms with Crippen LogP contribution < -0.4 is 0 Å². The third-order valence-electron chi connectivity index (χ3n) is 9.04. The number of para-hydroxylation sites is 2. The van der Waals surface area contributed by atoms with E-state index in [1.807, 2.05) is 79.8 Å². The largest absolute Gasteiger partial charge is 0.508 e. The first-order valence-electron chi connectivity index (χ1n) is 13.1. The van der Waals surface area contributed by atoms with Gasteiger partial charge >= 0.3 is 0 Å². The standard InChI is InChI=1S/C33H23N3O3/c1-36-18-25(19-14-16-20(37)17-15-19)32(30(38)21-8-2-3-9-22(21)31(32)39)33(36)24-11-5-4-10-23(24)28-29(33)35-27-13-7-6-12-26(27)34-28/h2-17,25,37H,18H2,1H3/t25-,33+/m1/s1. The highest BCUT2D eigenvalue weighted by Crippen LogP contribution is 2.69. The van der Waals surface area contributed by atoms with Crippen molar-refractivity contribution in [3.8, 4) is 17.0 Å². The topological polar surface area (TPSA) is 83.4 Å². The average Bonchev–Trinajstić information content (AvgIpc) is 3.50. The molecule has 2 atom stereocenters. The number of likely N-dealkylation sites (N-methyl/N-ethyl adjacent to an activating group) is 1. The lowest BCUT2D eigenvalue weighted by molar-refractivity contribution is 0.0462. The molecule has 5 aromatic rings. The molecule has 39 heavy (non-hydrogen) atoms. The van der Waals surface area contributed by atoms with Crippen LogP contribution in [0.5, 0.6) is 5.75 Å². The fourth-order valence-corrected chi connectivity index (χ4v) is 7.57. The highest BCUT2D eigenvalue weighted by molar-refractivity contribution is 6.32. The van der Waals surface area contributed by atoms with Crippen LogP contribution in [-0.4, -0.2) is 45.1 Å². The number of likely N-dealkylation sites (tertiary alicyclic amines) is 1. The van der Waals surface area contributed by atoms with Crippen molar-refractivity contribution in [2.45, 2.75) is 11.5 Å². The third kappa shape index (κ3) is 2.46. The summed E-state index contributed by atoms with van der Waals surface area (Å²) >= 11 is 0. The Balaban J connectivity index is 1.54. The van der Waals surface area contributed by atoms with Crippen molar-refractivity contribution in [3.05, 3.63) is 125 Å². The van der Waals surface area contributed by atoms with Gasteiger partial charge in [-0.1, -0.05) is 72.8 Å². The van der Waals surface area contributed by atoms with Crippen molar-refractivity contribution in [1.82, 2.24) is 14.9 Å². The summed E-state index contributed by atoms with van der Waals surface area (Å²) in [4.78, 5) is 42.3. The van der Waals surface area contributed by atoms with Crippen molar-refractivity contribution in [3.63, 3.8) is 0 Å². The molecule has 1 saturated heterocycles. The smallest absolute Gasteiger partial charge is 0.180 e. The zero-order valence-electron chi connectivity index (χ0n) is 21.1. The van der Waals surface area contributed by atoms with Crippen LogP contribution in [0.4, 0.5) is 0 Å². The van der Waals surface area contributed by atoms with Crippen molar-refractivity contribution >= 4 is 22.6 Å². The molecule has 188 valence electrons. The van der Waals surface area contributed by atoms with Gasteiger partial charge in [0.15, 0.2) is 11.6 Å². The minimum Gasteiger partial charge on any atom is -0.508 e. The molecule has 0 radical (unpaired) electrons. The number of carbonyl (C=O) groups is 2. The first-order valence-corrected chi connectivity index (χ1v) is 13.1. The Kier molecular flexibility index (Phi) is 4.27. The SMILES string of the molecule is CN1C[C@H](c2ccc(O)cc2)C2(C(=O)c3ccccc3C2=O)[C@@]12c1ccccc1-c1nc3ccccc3nc12. The Morgan fingerprint density at radius 3 is 1.97 bits per heavy atom. The Bertz CT molecular complexity index is 1840. The monoisotopic (exact) mass is 509 g/mol. The normalized spacial score (nSPS) is 22.5. The molecule has 6 heteroatoms. The fraction of sp³-hybridized carbons (Fsp3) is 0.152. The number of phenolic OH excluding ortho intramolecular Hbond substituents is 1. The molecule has 1 aromatic heterocycles. The maximum Gasteiger partial charge on any atom is 0.180 e. The molecule has 0 bridgehead atoms. The van der Waals surface area contributed by atoms with Gasteiger partial charge < -0.3 is 5.11 Å². The second-order valence-electron chi connectivity index (χ2n) is 10.7. The number of carbonyl (C=O) groups excluding carboxylic acids is 2. The predicted octanol–water partition coefficient (Wildman–Crippen LogP) is 5.35. The van der Waals surface area contributed by atoms with Gasteiger partial charge in [-0.25, -0.2) is 9.97 Å². The van der Waals surface area contributed by atoms with E-state index >= 15 is 0 Å². The Hall–Kier alpha value is -4.68. The maximum atomic E-state index is 14.9. The number of aromatic nitrogens is 2. The van der Waals surface area contributed by atoms with Crippen LogP contribution in [0.25, 0.3) is 22.3 Å². The molecule has 1 fully saturated rings. The second-order valence-corrected chi connectivity index (χ2v) is 10.7. The number of Topliss-reactive ketones (excluding diaryl/α,β-unsaturated/α-hetero) is 2. The molecule has 2 aliphatic carbocycles. The van der Waals surface area contributed by atoms with Crippen LogP contribution in [-0.2, 0) is 5.54 Å². The molecule has 2 spiro atoms. The van der Waals surface area contributed by atoms with E-state index in [2.05, 4.69) is 4.90 Å². The van der Waals surface area contributed by atoms with E-state index in [1.165, 1.54) is 0 Å². The van der Waals surface area contributed by atoms with Gasteiger partial charge in [0, 0.05) is 29.2 Å². The number of hydrogen-bond donors (Lipinski definition) is 1. The van der Waals surface area contributed by atoms with Crippen molar-refractivity contribution < 1.29 is 14.7 Å². The molecule has 3 aliphatic rings. The summed E-state index contributed by atoms with van der Waals surface area (Å²) in [5.74, 6) is -0.732. The van der Waals surface area contributed by atoms with Gasteiger partial charge in [0.2, 0.25) is 0 Å². The number of rotatable bonds is 1. The minimum atomic E-state index is -1.51. The third-order valence-corrected chi connectivity index (χ3v) is 9.04. The van der Waals surface area contributed by atoms with Crippen LogP contribution in [0.3, 0.4) is 0 Å². The van der Waals surface area contributed by atoms with Crippen molar-refractivity contribution in [2.24, 2.45) is 5.41 Å². The van der Waals surface area contributed by atoms with Gasteiger partial charge in [-0.05, 0) is 42.4 Å². The number of ketones is 2. The Morgan fingerprint density at radius 1 is 0.744 bits per heavy atom. The van der Waals surface area contributed by atoms with Gasteiger partial charge in [0.05, 0.1) is 22.4 Å². The van der Waals surface area contributed by atoms with Crippen LogP contribution in [0.1, 0.15) is 43.5 Å². The van der Waals surface area contributed by atoms with E-state index in [0.717, 1.165) is 27.7 Å². The maximum absolute atomic E-state index is 14.9. The first-order chi connectivity index (χ1) is 19.0. The summed E-state index contributed by atoms with van der Waals surface area (Å²) in [6.07, 6.45) is 0. The molecule has 0 unspecified atom stereocenters. The number of nitrogens with zero attached hydrogens (tertiary/aromatic N) is 3. The van der Waals surface area contributed by atoms with E-state index in [1.54, 1.807) is 24.3 Å². The first kappa shape index (κ1) is 22.3. The Labute approximate surface area is 224 Å². The minimum absolute atomic E-state index is 0.134. The van der Waals surface area contributed by atoms with Crippen LogP contribution in [0.15, 0.2) is 97.1 Å². The molecular formula is C33H23N3O3. The van der Waals surface area contributed by atoms with Gasteiger partial charge in [0.1, 0.15) is 16.7 Å². The number of benzene rings is 4. The van der Waals surface area contributed by atoms with Crippen molar-refractivity contribution in [2.75, 3.05) is 13.6 Å². The van der Waals surface area contributed by atoms with Crippen LogP contribution >= 0.6 is 0 Å². The molecule has 8 rings (SSSR count). The molecule has 0 amide bonds. The molecule has 1 N–H and O–H groups in total. The number of fused-ring (bicyclic) bond motifs is 8. The summed E-state index contributed by atoms with van der Waals surface area (Å²) in [5, 5.41) is 10.1. The zero-order valence-corrected chi connectivity index (χ0v) is 21.1. The molecule has 6 nitrogen and oxygen atoms in total. The van der Waals surface area contributed by atoms with Crippen LogP contribution in [0, 0.1) is 5.41 Å². The molecule has 0 saturated carbocycles. The van der Waals surface area contributed by atoms with E-state index in [9.17, 15) is 14.7 Å². The van der Waals surface area contributed by atoms with Crippen LogP contribution in [0.2, 0.25) is 0 Å². The molecular weight excluding hydrogens is 486 g/mol. The van der Waals surface area contributed by atoms with Crippen molar-refractivity contribution in [1.29, 1.82) is 0 Å². The van der Waals surface area contributed by atoms with E-state index in [0.29, 0.717) is 29.1 Å². The summed E-state index contributed by atoms with van der Waals surface area (Å²) in [7, 11) is 1.98. The lowest BCUT2D eigenvalue weighted by Crippen LogP contribution is -2.56. The average molecular weight is 510 g/mol. The lowest BCUT2D eigenvalue weighted by atomic mass is 9.58. The molecule has 2 heterocycles. The van der Waals surface area contributed by atoms with E-state index < -0.39 is 16.9 Å². The number of hydrogen-bond acceptors (Lipinski definition) is 6. The lowest BCUT2D eigenvalue weighted by Gasteiger charge is -2.44. The van der Waals surface area contributed by atoms with Gasteiger partial charge in [-0.15, -0.1) is 0 Å². The van der Waals surface area contributed by atoms with Gasteiger partial charge in [-0.2, -0.15) is 0 Å². The zero-order chi connectivity index (χ0) is 26.5. The molecule has 4 aromatic carbocycles. The molecule has 1 aliphatic heterocycles. The fourth-order valence-electron chi connectivity index (χ4n) is 7.57. The van der Waals surface area contributed by atoms with Gasteiger partial charge in [-0.3, -0.25) is 14.5 Å². The predicted molar refractivity (Wildman–Crippen MR) is 147 cm³/mol. The van der Waals surface area contributed by atoms with Gasteiger partial charge in [0.25, 0.3) is 0 Å².